The number of hydrogen-bond donors (Lipinski definition) is 1. The maximum absolute atomic E-state index is 13.6. The van der Waals surface area contributed by atoms with Gasteiger partial charge in [0.05, 0.1) is 5.56 Å². The Labute approximate surface area is 120 Å². The Bertz CT molecular complexity index is 656. The van der Waals surface area contributed by atoms with Gasteiger partial charge in [0.25, 0.3) is 0 Å². The molecule has 1 N–H and O–H groups in total. The summed E-state index contributed by atoms with van der Waals surface area (Å²) >= 11 is 0. The minimum atomic E-state index is -1.17. The van der Waals surface area contributed by atoms with E-state index < -0.39 is 17.7 Å². The highest BCUT2D eigenvalue weighted by Crippen LogP contribution is 2.21. The summed E-state index contributed by atoms with van der Waals surface area (Å²) in [5, 5.41) is 9.86. The van der Waals surface area contributed by atoms with Crippen LogP contribution >= 0.6 is 0 Å². The molecule has 0 radical (unpaired) electrons. The Morgan fingerprint density at radius 1 is 1.19 bits per heavy atom. The molecule has 1 atom stereocenters. The Balaban J connectivity index is 2.05. The smallest absolute Gasteiger partial charge is 0.162 e. The van der Waals surface area contributed by atoms with Crippen LogP contribution in [0.5, 0.6) is 5.75 Å². The molecular formula is C16H14F2O3. The zero-order chi connectivity index (χ0) is 15.4. The molecule has 0 saturated carbocycles. The number of carbonyl (C=O) groups is 1. The molecule has 0 heterocycles. The van der Waals surface area contributed by atoms with Crippen molar-refractivity contribution in [3.63, 3.8) is 0 Å². The first-order valence-corrected chi connectivity index (χ1v) is 6.35. The molecule has 1 unspecified atom stereocenters. The Morgan fingerprint density at radius 2 is 1.90 bits per heavy atom. The summed E-state index contributed by atoms with van der Waals surface area (Å²) in [6.07, 6.45) is -1.17. The van der Waals surface area contributed by atoms with Gasteiger partial charge in [-0.25, -0.2) is 8.78 Å². The number of ether oxygens (including phenoxy) is 1. The average Bonchev–Trinajstić information content (AvgIpc) is 2.45. The SMILES string of the molecule is CC(=O)c1ccc(OCC(O)c2ccccc2F)cc1F. The highest BCUT2D eigenvalue weighted by atomic mass is 19.1. The number of halogens is 2. The number of ketones is 1. The summed E-state index contributed by atoms with van der Waals surface area (Å²) in [5.41, 5.74) is 0.0790. The van der Waals surface area contributed by atoms with Crippen LogP contribution in [-0.4, -0.2) is 17.5 Å². The number of hydrogen-bond acceptors (Lipinski definition) is 3. The van der Waals surface area contributed by atoms with Crippen molar-refractivity contribution in [1.82, 2.24) is 0 Å². The summed E-state index contributed by atoms with van der Waals surface area (Å²) < 4.78 is 32.3. The van der Waals surface area contributed by atoms with Crippen molar-refractivity contribution in [2.45, 2.75) is 13.0 Å². The number of aliphatic hydroxyl groups is 1. The van der Waals surface area contributed by atoms with Gasteiger partial charge >= 0.3 is 0 Å². The highest BCUT2D eigenvalue weighted by molar-refractivity contribution is 5.94. The summed E-state index contributed by atoms with van der Waals surface area (Å²) in [6.45, 7) is 1.04. The van der Waals surface area contributed by atoms with Crippen molar-refractivity contribution in [3.8, 4) is 5.75 Å². The molecule has 5 heteroatoms. The van der Waals surface area contributed by atoms with E-state index in [1.807, 2.05) is 0 Å². The molecule has 0 aliphatic rings. The molecule has 0 spiro atoms. The number of Topliss-reactive ketones (excluding diaryl/α,β-unsaturated/α-hetero) is 1. The van der Waals surface area contributed by atoms with Gasteiger partial charge in [-0.05, 0) is 25.1 Å². The molecule has 0 fully saturated rings. The molecule has 0 aliphatic heterocycles. The van der Waals surface area contributed by atoms with E-state index in [0.29, 0.717) is 0 Å². The van der Waals surface area contributed by atoms with Crippen LogP contribution in [0.3, 0.4) is 0 Å². The fourth-order valence-corrected chi connectivity index (χ4v) is 1.88. The second kappa shape index (κ2) is 6.45. The van der Waals surface area contributed by atoms with E-state index in [9.17, 15) is 18.7 Å². The van der Waals surface area contributed by atoms with Gasteiger partial charge in [-0.15, -0.1) is 0 Å². The lowest BCUT2D eigenvalue weighted by molar-refractivity contribution is 0.100. The minimum Gasteiger partial charge on any atom is -0.490 e. The molecule has 2 aromatic carbocycles. The van der Waals surface area contributed by atoms with E-state index in [1.165, 1.54) is 37.3 Å². The van der Waals surface area contributed by atoms with Gasteiger partial charge in [0.1, 0.15) is 30.1 Å². The van der Waals surface area contributed by atoms with Crippen LogP contribution in [0, 0.1) is 11.6 Å². The molecular weight excluding hydrogens is 278 g/mol. The van der Waals surface area contributed by atoms with Gasteiger partial charge in [0.2, 0.25) is 0 Å². The number of benzene rings is 2. The fraction of sp³-hybridized carbons (Fsp3) is 0.188. The molecule has 110 valence electrons. The van der Waals surface area contributed by atoms with Crippen LogP contribution in [0.15, 0.2) is 42.5 Å². The maximum atomic E-state index is 13.6. The molecule has 0 bridgehead atoms. The molecule has 0 amide bonds. The van der Waals surface area contributed by atoms with E-state index in [2.05, 4.69) is 0 Å². The third kappa shape index (κ3) is 3.64. The molecule has 2 rings (SSSR count). The average molecular weight is 292 g/mol. The first-order chi connectivity index (χ1) is 9.99. The quantitative estimate of drug-likeness (QED) is 0.860. The molecule has 21 heavy (non-hydrogen) atoms. The second-order valence-electron chi connectivity index (χ2n) is 4.55. The summed E-state index contributed by atoms with van der Waals surface area (Å²) in [6, 6.07) is 9.59. The van der Waals surface area contributed by atoms with Crippen molar-refractivity contribution < 1.29 is 23.4 Å². The first-order valence-electron chi connectivity index (χ1n) is 6.35. The van der Waals surface area contributed by atoms with Crippen LogP contribution in [0.1, 0.15) is 28.9 Å². The molecule has 2 aromatic rings. The summed E-state index contributed by atoms with van der Waals surface area (Å²) in [5.74, 6) is -1.45. The highest BCUT2D eigenvalue weighted by Gasteiger charge is 2.14. The van der Waals surface area contributed by atoms with Gasteiger partial charge in [0, 0.05) is 11.6 Å². The van der Waals surface area contributed by atoms with E-state index in [1.54, 1.807) is 6.07 Å². The van der Waals surface area contributed by atoms with Gasteiger partial charge in [-0.3, -0.25) is 4.79 Å². The van der Waals surface area contributed by atoms with Crippen LogP contribution in [0.25, 0.3) is 0 Å². The van der Waals surface area contributed by atoms with Crippen molar-refractivity contribution in [3.05, 3.63) is 65.2 Å². The van der Waals surface area contributed by atoms with E-state index in [4.69, 9.17) is 4.74 Å². The predicted octanol–water partition coefficient (Wildman–Crippen LogP) is 3.28. The molecule has 0 saturated heterocycles. The van der Waals surface area contributed by atoms with Crippen molar-refractivity contribution in [2.24, 2.45) is 0 Å². The third-order valence-electron chi connectivity index (χ3n) is 2.99. The number of rotatable bonds is 5. The number of carbonyl (C=O) groups excluding carboxylic acids is 1. The van der Waals surface area contributed by atoms with Gasteiger partial charge < -0.3 is 9.84 Å². The second-order valence-corrected chi connectivity index (χ2v) is 4.55. The molecule has 3 nitrogen and oxygen atoms in total. The van der Waals surface area contributed by atoms with Crippen molar-refractivity contribution >= 4 is 5.78 Å². The number of aliphatic hydroxyl groups excluding tert-OH is 1. The van der Waals surface area contributed by atoms with Gasteiger partial charge in [-0.1, -0.05) is 18.2 Å². The standard InChI is InChI=1S/C16H14F2O3/c1-10(19)12-7-6-11(8-15(12)18)21-9-16(20)13-4-2-3-5-14(13)17/h2-8,16,20H,9H2,1H3. The normalized spacial score (nSPS) is 12.0. The minimum absolute atomic E-state index is 0.0306. The molecule has 0 aromatic heterocycles. The zero-order valence-corrected chi connectivity index (χ0v) is 11.3. The van der Waals surface area contributed by atoms with Crippen LogP contribution in [0.4, 0.5) is 8.78 Å². The lowest BCUT2D eigenvalue weighted by Crippen LogP contribution is -2.11. The lowest BCUT2D eigenvalue weighted by Gasteiger charge is -2.13. The topological polar surface area (TPSA) is 46.5 Å². The maximum Gasteiger partial charge on any atom is 0.162 e. The Morgan fingerprint density at radius 3 is 2.52 bits per heavy atom. The summed E-state index contributed by atoms with van der Waals surface area (Å²) in [7, 11) is 0. The fourth-order valence-electron chi connectivity index (χ4n) is 1.88. The van der Waals surface area contributed by atoms with Crippen LogP contribution < -0.4 is 4.74 Å². The molecule has 0 aliphatic carbocycles. The zero-order valence-electron chi connectivity index (χ0n) is 11.3. The van der Waals surface area contributed by atoms with E-state index in [0.717, 1.165) is 6.07 Å². The van der Waals surface area contributed by atoms with Gasteiger partial charge in [0.15, 0.2) is 5.78 Å². The summed E-state index contributed by atoms with van der Waals surface area (Å²) in [4.78, 5) is 11.1. The lowest BCUT2D eigenvalue weighted by atomic mass is 10.1. The third-order valence-corrected chi connectivity index (χ3v) is 2.99. The predicted molar refractivity (Wildman–Crippen MR) is 73.3 cm³/mol. The van der Waals surface area contributed by atoms with E-state index in [-0.39, 0.29) is 29.3 Å². The Kier molecular flexibility index (Phi) is 4.65. The van der Waals surface area contributed by atoms with Crippen LogP contribution in [-0.2, 0) is 0 Å². The largest absolute Gasteiger partial charge is 0.490 e. The first kappa shape index (κ1) is 15.1. The Hall–Kier alpha value is -2.27. The van der Waals surface area contributed by atoms with Crippen LogP contribution in [0.2, 0.25) is 0 Å². The van der Waals surface area contributed by atoms with Crippen molar-refractivity contribution in [1.29, 1.82) is 0 Å². The van der Waals surface area contributed by atoms with Crippen molar-refractivity contribution in [2.75, 3.05) is 6.61 Å². The van der Waals surface area contributed by atoms with Gasteiger partial charge in [-0.2, -0.15) is 0 Å². The monoisotopic (exact) mass is 292 g/mol. The van der Waals surface area contributed by atoms with E-state index >= 15 is 0 Å².